The molecule has 0 heterocycles. The summed E-state index contributed by atoms with van der Waals surface area (Å²) in [7, 11) is 0. The van der Waals surface area contributed by atoms with E-state index in [2.05, 4.69) is 62.5 Å². The van der Waals surface area contributed by atoms with Crippen LogP contribution in [0.4, 0.5) is 0 Å². The molecule has 0 aromatic carbocycles. The van der Waals surface area contributed by atoms with E-state index in [0.29, 0.717) is 0 Å². The van der Waals surface area contributed by atoms with Crippen molar-refractivity contribution in [1.29, 1.82) is 0 Å². The van der Waals surface area contributed by atoms with Crippen molar-refractivity contribution in [2.75, 3.05) is 0 Å². The van der Waals surface area contributed by atoms with Crippen molar-refractivity contribution < 1.29 is 9.59 Å². The zero-order valence-electron chi connectivity index (χ0n) is 18.1. The minimum atomic E-state index is -0.180. The largest absolute Gasteiger partial charge is 0.290 e. The van der Waals surface area contributed by atoms with E-state index in [0.717, 1.165) is 22.3 Å². The van der Waals surface area contributed by atoms with Crippen molar-refractivity contribution >= 4 is 11.6 Å². The quantitative estimate of drug-likeness (QED) is 0.498. The Bertz CT molecular complexity index is 1200. The van der Waals surface area contributed by atoms with Gasteiger partial charge in [-0.05, 0) is 68.9 Å². The van der Waals surface area contributed by atoms with Crippen LogP contribution in [-0.2, 0) is 9.59 Å². The Labute approximate surface area is 187 Å². The SMILES string of the molecule is CC12C3=CC(=C4C=CC(=O)C=C4)C=C1C=CC1=CC(=C4C=CC(=O)C=C4)C=C(C=C3)C12C. The molecule has 0 saturated carbocycles. The molecule has 0 atom stereocenters. The van der Waals surface area contributed by atoms with Crippen molar-refractivity contribution in [2.45, 2.75) is 13.8 Å². The Morgan fingerprint density at radius 2 is 0.688 bits per heavy atom. The Morgan fingerprint density at radius 3 is 0.969 bits per heavy atom. The van der Waals surface area contributed by atoms with Crippen LogP contribution in [0.15, 0.2) is 142 Å². The third-order valence-electron chi connectivity index (χ3n) is 7.81. The lowest BCUT2D eigenvalue weighted by Crippen LogP contribution is -2.47. The average Bonchev–Trinajstić information content (AvgIpc) is 2.78. The van der Waals surface area contributed by atoms with Gasteiger partial charge in [-0.1, -0.05) is 86.8 Å². The summed E-state index contributed by atoms with van der Waals surface area (Å²) in [5.74, 6) is 0.0586. The predicted molar refractivity (Wildman–Crippen MR) is 127 cm³/mol. The third-order valence-corrected chi connectivity index (χ3v) is 7.81. The molecule has 0 fully saturated rings. The summed E-state index contributed by atoms with van der Waals surface area (Å²) in [5.41, 5.74) is 9.15. The second kappa shape index (κ2) is 6.37. The molecule has 0 aromatic rings. The summed E-state index contributed by atoms with van der Waals surface area (Å²) in [6.45, 7) is 4.68. The van der Waals surface area contributed by atoms with Crippen molar-refractivity contribution in [2.24, 2.45) is 10.8 Å². The zero-order valence-corrected chi connectivity index (χ0v) is 18.1. The maximum atomic E-state index is 11.6. The lowest BCUT2D eigenvalue weighted by molar-refractivity contribution is -0.111. The van der Waals surface area contributed by atoms with E-state index in [1.54, 1.807) is 24.3 Å². The fourth-order valence-corrected chi connectivity index (χ4v) is 5.67. The van der Waals surface area contributed by atoms with Gasteiger partial charge in [-0.25, -0.2) is 0 Å². The van der Waals surface area contributed by atoms with Crippen LogP contribution < -0.4 is 0 Å². The normalized spacial score (nSPS) is 31.6. The highest BCUT2D eigenvalue weighted by molar-refractivity contribution is 6.02. The number of allylic oxidation sites excluding steroid dienone is 24. The van der Waals surface area contributed by atoms with Crippen LogP contribution in [0.25, 0.3) is 0 Å². The molecule has 0 spiro atoms. The standard InChI is InChI=1S/C30H22O2/c1-29-23-7-9-25-17-22(20-5-13-28(32)14-6-20)18-26(30(25,29)2)10-8-24(29)16-21(15-23)19-3-11-27(31)12-4-19/h3-18H,1-2H3. The minimum Gasteiger partial charge on any atom is -0.290 e. The second-order valence-electron chi connectivity index (χ2n) is 9.27. The molecule has 0 aromatic heterocycles. The van der Waals surface area contributed by atoms with Crippen LogP contribution in [0.2, 0.25) is 0 Å². The first-order valence-corrected chi connectivity index (χ1v) is 10.9. The molecular weight excluding hydrogens is 392 g/mol. The molecule has 2 nitrogen and oxygen atoms in total. The van der Waals surface area contributed by atoms with Crippen LogP contribution in [0.3, 0.4) is 0 Å². The van der Waals surface area contributed by atoms with Crippen molar-refractivity contribution in [3.05, 3.63) is 142 Å². The Morgan fingerprint density at radius 1 is 0.406 bits per heavy atom. The van der Waals surface area contributed by atoms with Crippen molar-refractivity contribution in [3.63, 3.8) is 0 Å². The molecular formula is C30H22O2. The third kappa shape index (κ3) is 2.41. The Balaban J connectivity index is 1.56. The van der Waals surface area contributed by atoms with Gasteiger partial charge in [0.1, 0.15) is 0 Å². The van der Waals surface area contributed by atoms with Gasteiger partial charge in [0.2, 0.25) is 0 Å². The summed E-state index contributed by atoms with van der Waals surface area (Å²) in [5, 5.41) is 0. The minimum absolute atomic E-state index is 0.0293. The average molecular weight is 415 g/mol. The van der Waals surface area contributed by atoms with Gasteiger partial charge in [0.25, 0.3) is 0 Å². The van der Waals surface area contributed by atoms with E-state index in [9.17, 15) is 9.59 Å². The smallest absolute Gasteiger partial charge is 0.178 e. The van der Waals surface area contributed by atoms with Crippen molar-refractivity contribution in [1.82, 2.24) is 0 Å². The number of rotatable bonds is 0. The molecule has 0 radical (unpaired) electrons. The van der Waals surface area contributed by atoms with Gasteiger partial charge in [-0.3, -0.25) is 9.59 Å². The number of hydrogen-bond acceptors (Lipinski definition) is 2. The van der Waals surface area contributed by atoms with Crippen molar-refractivity contribution in [3.8, 4) is 0 Å². The van der Waals surface area contributed by atoms with Crippen LogP contribution >= 0.6 is 0 Å². The Kier molecular flexibility index (Phi) is 3.77. The summed E-state index contributed by atoms with van der Waals surface area (Å²) in [4.78, 5) is 23.1. The van der Waals surface area contributed by atoms with Crippen LogP contribution in [0.5, 0.6) is 0 Å². The molecule has 6 aliphatic rings. The van der Waals surface area contributed by atoms with Crippen LogP contribution in [0.1, 0.15) is 13.8 Å². The number of ketones is 2. The van der Waals surface area contributed by atoms with Gasteiger partial charge in [0.15, 0.2) is 11.6 Å². The molecule has 6 aliphatic carbocycles. The van der Waals surface area contributed by atoms with E-state index in [-0.39, 0.29) is 22.4 Å². The molecule has 0 aliphatic heterocycles. The van der Waals surface area contributed by atoms with E-state index >= 15 is 0 Å². The highest BCUT2D eigenvalue weighted by Crippen LogP contribution is 2.66. The lowest BCUT2D eigenvalue weighted by atomic mass is 9.46. The lowest BCUT2D eigenvalue weighted by Gasteiger charge is -2.56. The molecule has 154 valence electrons. The summed E-state index contributed by atoms with van der Waals surface area (Å²) in [6.07, 6.45) is 32.2. The highest BCUT2D eigenvalue weighted by atomic mass is 16.1. The molecule has 6 rings (SSSR count). The molecule has 0 N–H and O–H groups in total. The van der Waals surface area contributed by atoms with Gasteiger partial charge < -0.3 is 0 Å². The maximum Gasteiger partial charge on any atom is 0.178 e. The molecule has 0 unspecified atom stereocenters. The number of hydrogen-bond donors (Lipinski definition) is 0. The predicted octanol–water partition coefficient (Wildman–Crippen LogP) is 5.85. The fourth-order valence-electron chi connectivity index (χ4n) is 5.67. The van der Waals surface area contributed by atoms with Gasteiger partial charge >= 0.3 is 0 Å². The first kappa shape index (κ1) is 18.9. The highest BCUT2D eigenvalue weighted by Gasteiger charge is 2.56. The van der Waals surface area contributed by atoms with E-state index in [1.165, 1.54) is 22.3 Å². The molecule has 0 saturated heterocycles. The summed E-state index contributed by atoms with van der Waals surface area (Å²) < 4.78 is 0. The zero-order chi connectivity index (χ0) is 22.1. The Hall–Kier alpha value is -3.78. The van der Waals surface area contributed by atoms with Crippen LogP contribution in [0, 0.1) is 10.8 Å². The molecule has 2 heteroatoms. The van der Waals surface area contributed by atoms with E-state index in [1.807, 2.05) is 24.3 Å². The summed E-state index contributed by atoms with van der Waals surface area (Å²) >= 11 is 0. The van der Waals surface area contributed by atoms with Gasteiger partial charge in [0, 0.05) is 10.8 Å². The number of carbonyl (C=O) groups excluding carboxylic acids is 2. The number of carbonyl (C=O) groups is 2. The molecule has 32 heavy (non-hydrogen) atoms. The molecule has 0 bridgehead atoms. The fraction of sp³-hybridized carbons (Fsp3) is 0.133. The second-order valence-corrected chi connectivity index (χ2v) is 9.27. The maximum absolute atomic E-state index is 11.6. The van der Waals surface area contributed by atoms with E-state index < -0.39 is 0 Å². The van der Waals surface area contributed by atoms with Gasteiger partial charge in [-0.15, -0.1) is 0 Å². The van der Waals surface area contributed by atoms with Crippen LogP contribution in [-0.4, -0.2) is 11.6 Å². The van der Waals surface area contributed by atoms with Gasteiger partial charge in [0.05, 0.1) is 0 Å². The first-order chi connectivity index (χ1) is 15.4. The topological polar surface area (TPSA) is 34.1 Å². The molecule has 0 amide bonds. The van der Waals surface area contributed by atoms with Gasteiger partial charge in [-0.2, -0.15) is 0 Å². The summed E-state index contributed by atoms with van der Waals surface area (Å²) in [6, 6.07) is 0. The monoisotopic (exact) mass is 414 g/mol. The van der Waals surface area contributed by atoms with E-state index in [4.69, 9.17) is 0 Å². The first-order valence-electron chi connectivity index (χ1n) is 10.9.